The highest BCUT2D eigenvalue weighted by Gasteiger charge is 2.40. The first-order valence-corrected chi connectivity index (χ1v) is 17.0. The van der Waals surface area contributed by atoms with E-state index in [2.05, 4.69) is 23.3 Å². The molecule has 0 aliphatic heterocycles. The van der Waals surface area contributed by atoms with Crippen LogP contribution in [0.25, 0.3) is 10.9 Å². The van der Waals surface area contributed by atoms with Crippen molar-refractivity contribution in [1.29, 1.82) is 0 Å². The number of rotatable bonds is 17. The molecule has 2 aromatic carbocycles. The van der Waals surface area contributed by atoms with E-state index in [9.17, 15) is 24.6 Å². The van der Waals surface area contributed by atoms with Crippen LogP contribution >= 0.6 is 22.6 Å². The van der Waals surface area contributed by atoms with E-state index >= 15 is 0 Å². The molecule has 0 radical (unpaired) electrons. The quantitative estimate of drug-likeness (QED) is 0.0872. The third-order valence-corrected chi connectivity index (χ3v) is 9.08. The monoisotopic (exact) mass is 745 g/mol. The number of amides is 2. The lowest BCUT2D eigenvalue weighted by Gasteiger charge is -2.40. The zero-order valence-corrected chi connectivity index (χ0v) is 28.6. The Morgan fingerprint density at radius 1 is 1.15 bits per heavy atom. The summed E-state index contributed by atoms with van der Waals surface area (Å²) < 4.78 is 12.4. The smallest absolute Gasteiger partial charge is 0.247 e. The molecule has 3 atom stereocenters. The number of hydrogen-bond donors (Lipinski definition) is 4. The lowest BCUT2D eigenvalue weighted by Crippen LogP contribution is -2.55. The maximum Gasteiger partial charge on any atom is 0.247 e. The van der Waals surface area contributed by atoms with Crippen LogP contribution in [-0.4, -0.2) is 83.3 Å². The van der Waals surface area contributed by atoms with Crippen LogP contribution in [0.1, 0.15) is 67.9 Å². The molecule has 248 valence electrons. The van der Waals surface area contributed by atoms with Gasteiger partial charge in [0, 0.05) is 54.7 Å². The van der Waals surface area contributed by atoms with Gasteiger partial charge in [-0.3, -0.25) is 14.4 Å². The predicted molar refractivity (Wildman–Crippen MR) is 185 cm³/mol. The number of aliphatic hydroxyl groups is 2. The molecule has 3 unspecified atom stereocenters. The standard InChI is InChI=1S/C35H44IN3O7/c1-3-4-5-6-7-12-32(42)39(15-13-26-19-24-10-8-9-11-28(24)38-26)29-20-25(35(44)37-14-16-40)21-30(33(29)43)46-34-27(36)17-23(22-41)18-31(34)45-2/h8-11,17-19,21-22,29-30,33,38,40,43H,3-7,12-16,20H2,1-2H3,(H,37,44). The first-order chi connectivity index (χ1) is 22.3. The van der Waals surface area contributed by atoms with E-state index in [4.69, 9.17) is 9.47 Å². The van der Waals surface area contributed by atoms with Gasteiger partial charge < -0.3 is 34.9 Å². The van der Waals surface area contributed by atoms with Crippen molar-refractivity contribution in [2.45, 2.75) is 76.5 Å². The summed E-state index contributed by atoms with van der Waals surface area (Å²) in [5.41, 5.74) is 2.72. The number of H-pyrrole nitrogens is 1. The van der Waals surface area contributed by atoms with Crippen molar-refractivity contribution >= 4 is 51.6 Å². The van der Waals surface area contributed by atoms with Gasteiger partial charge in [-0.15, -0.1) is 0 Å². The Morgan fingerprint density at radius 3 is 2.65 bits per heavy atom. The van der Waals surface area contributed by atoms with Gasteiger partial charge in [0.2, 0.25) is 11.8 Å². The molecule has 1 heterocycles. The van der Waals surface area contributed by atoms with Gasteiger partial charge in [-0.05, 0) is 64.7 Å². The van der Waals surface area contributed by atoms with Crippen molar-refractivity contribution < 1.29 is 34.1 Å². The van der Waals surface area contributed by atoms with Gasteiger partial charge in [0.25, 0.3) is 0 Å². The molecule has 11 heteroatoms. The Bertz CT molecular complexity index is 1490. The van der Waals surface area contributed by atoms with E-state index in [0.29, 0.717) is 51.9 Å². The number of benzene rings is 2. The summed E-state index contributed by atoms with van der Waals surface area (Å²) in [5.74, 6) is 0.133. The number of nitrogens with one attached hydrogen (secondary N) is 2. The molecule has 1 aromatic heterocycles. The van der Waals surface area contributed by atoms with Crippen molar-refractivity contribution in [2.75, 3.05) is 26.8 Å². The number of methoxy groups -OCH3 is 1. The molecule has 0 bridgehead atoms. The van der Waals surface area contributed by atoms with Gasteiger partial charge >= 0.3 is 0 Å². The molecule has 4 rings (SSSR count). The van der Waals surface area contributed by atoms with Crippen LogP contribution in [0.4, 0.5) is 0 Å². The van der Waals surface area contributed by atoms with Crippen LogP contribution in [0.5, 0.6) is 11.5 Å². The minimum absolute atomic E-state index is 0.0641. The maximum atomic E-state index is 13.9. The first-order valence-electron chi connectivity index (χ1n) is 15.9. The minimum atomic E-state index is -1.17. The number of carbonyl (C=O) groups excluding carboxylic acids is 3. The minimum Gasteiger partial charge on any atom is -0.493 e. The fourth-order valence-electron chi connectivity index (χ4n) is 5.85. The van der Waals surface area contributed by atoms with E-state index in [-0.39, 0.29) is 25.5 Å². The second-order valence-corrected chi connectivity index (χ2v) is 12.7. The molecule has 1 aliphatic carbocycles. The van der Waals surface area contributed by atoms with Crippen molar-refractivity contribution in [3.8, 4) is 11.5 Å². The summed E-state index contributed by atoms with van der Waals surface area (Å²) in [6, 6.07) is 12.5. The third kappa shape index (κ3) is 9.10. The Balaban J connectivity index is 1.65. The maximum absolute atomic E-state index is 13.9. The number of fused-ring (bicyclic) bond motifs is 1. The lowest BCUT2D eigenvalue weighted by molar-refractivity contribution is -0.138. The number of ether oxygens (including phenoxy) is 2. The van der Waals surface area contributed by atoms with Gasteiger partial charge in [-0.2, -0.15) is 0 Å². The highest BCUT2D eigenvalue weighted by molar-refractivity contribution is 14.1. The Morgan fingerprint density at radius 2 is 1.93 bits per heavy atom. The number of aldehydes is 1. The summed E-state index contributed by atoms with van der Waals surface area (Å²) in [6.07, 6.45) is 6.04. The van der Waals surface area contributed by atoms with E-state index in [1.807, 2.05) is 46.9 Å². The summed E-state index contributed by atoms with van der Waals surface area (Å²) >= 11 is 2.04. The molecule has 0 saturated heterocycles. The number of hydrogen-bond acceptors (Lipinski definition) is 7. The van der Waals surface area contributed by atoms with Crippen molar-refractivity contribution in [3.63, 3.8) is 0 Å². The van der Waals surface area contributed by atoms with Crippen LogP contribution in [0.2, 0.25) is 0 Å². The number of halogens is 1. The fourth-order valence-corrected chi connectivity index (χ4v) is 6.60. The molecular weight excluding hydrogens is 701 g/mol. The molecule has 1 aliphatic rings. The van der Waals surface area contributed by atoms with Gasteiger partial charge in [-0.25, -0.2) is 0 Å². The Hall–Kier alpha value is -3.42. The number of aromatic nitrogens is 1. The van der Waals surface area contributed by atoms with E-state index in [1.54, 1.807) is 23.1 Å². The molecule has 2 amide bonds. The number of aliphatic hydroxyl groups excluding tert-OH is 2. The average Bonchev–Trinajstić information content (AvgIpc) is 3.48. The molecule has 46 heavy (non-hydrogen) atoms. The fraction of sp³-hybridized carbons (Fsp3) is 0.457. The number of unbranched alkanes of at least 4 members (excludes halogenated alkanes) is 4. The van der Waals surface area contributed by atoms with Gasteiger partial charge in [-0.1, -0.05) is 50.8 Å². The molecular formula is C35H44IN3O7. The number of nitrogens with zero attached hydrogens (tertiary/aromatic N) is 1. The summed E-state index contributed by atoms with van der Waals surface area (Å²) in [7, 11) is 1.46. The number of carbonyl (C=O) groups is 3. The summed E-state index contributed by atoms with van der Waals surface area (Å²) in [6.45, 7) is 2.32. The Kier molecular flexibility index (Phi) is 13.5. The Labute approximate surface area is 283 Å². The van der Waals surface area contributed by atoms with Crippen LogP contribution in [0.15, 0.2) is 54.1 Å². The SMILES string of the molecule is CCCCCCCC(=O)N(CCc1cc2ccccc2[nH]1)C1CC(C(=O)NCCO)=CC(Oc2c(I)cc(C=O)cc2OC)C1O. The average molecular weight is 746 g/mol. The second-order valence-electron chi connectivity index (χ2n) is 11.6. The molecule has 10 nitrogen and oxygen atoms in total. The zero-order valence-electron chi connectivity index (χ0n) is 26.5. The number of aromatic amines is 1. The van der Waals surface area contributed by atoms with Gasteiger partial charge in [0.15, 0.2) is 11.5 Å². The van der Waals surface area contributed by atoms with Crippen molar-refractivity contribution in [2.24, 2.45) is 0 Å². The molecule has 0 saturated carbocycles. The van der Waals surface area contributed by atoms with Crippen molar-refractivity contribution in [3.05, 3.63) is 68.9 Å². The zero-order chi connectivity index (χ0) is 33.1. The summed E-state index contributed by atoms with van der Waals surface area (Å²) in [5, 5.41) is 24.9. The second kappa shape index (κ2) is 17.5. The lowest BCUT2D eigenvalue weighted by atomic mass is 9.87. The molecule has 3 aromatic rings. The highest BCUT2D eigenvalue weighted by Crippen LogP contribution is 2.37. The van der Waals surface area contributed by atoms with Gasteiger partial charge in [0.05, 0.1) is 23.3 Å². The largest absolute Gasteiger partial charge is 0.493 e. The van der Waals surface area contributed by atoms with Crippen LogP contribution in [-0.2, 0) is 16.0 Å². The van der Waals surface area contributed by atoms with E-state index in [1.165, 1.54) is 7.11 Å². The predicted octanol–water partition coefficient (Wildman–Crippen LogP) is 4.94. The molecule has 4 N–H and O–H groups in total. The van der Waals surface area contributed by atoms with Crippen molar-refractivity contribution in [1.82, 2.24) is 15.2 Å². The van der Waals surface area contributed by atoms with Gasteiger partial charge in [0.1, 0.15) is 18.5 Å². The molecule has 0 fully saturated rings. The summed E-state index contributed by atoms with van der Waals surface area (Å²) in [4.78, 5) is 43.7. The van der Waals surface area contributed by atoms with Crippen LogP contribution < -0.4 is 14.8 Å². The van der Waals surface area contributed by atoms with Crippen LogP contribution in [0, 0.1) is 3.57 Å². The van der Waals surface area contributed by atoms with E-state index in [0.717, 1.165) is 48.7 Å². The number of para-hydroxylation sites is 1. The molecule has 0 spiro atoms. The van der Waals surface area contributed by atoms with Crippen LogP contribution in [0.3, 0.4) is 0 Å². The normalized spacial score (nSPS) is 17.8. The topological polar surface area (TPSA) is 141 Å². The third-order valence-electron chi connectivity index (χ3n) is 8.28. The van der Waals surface area contributed by atoms with E-state index < -0.39 is 24.2 Å². The highest BCUT2D eigenvalue weighted by atomic mass is 127. The first kappa shape index (κ1) is 35.4.